The van der Waals surface area contributed by atoms with Gasteiger partial charge in [0, 0.05) is 25.2 Å². The number of halogens is 3. The van der Waals surface area contributed by atoms with E-state index in [0.29, 0.717) is 16.9 Å². The highest BCUT2D eigenvalue weighted by atomic mass is 35.5. The van der Waals surface area contributed by atoms with Crippen LogP contribution in [0.1, 0.15) is 12.8 Å². The Balaban J connectivity index is 1.65. The summed E-state index contributed by atoms with van der Waals surface area (Å²) in [4.78, 5) is 15.6. The maximum absolute atomic E-state index is 13.8. The molecule has 1 fully saturated rings. The molecule has 1 aliphatic heterocycles. The number of piperidine rings is 1. The molecule has 2 heterocycles. The average molecular weight is 416 g/mol. The van der Waals surface area contributed by atoms with Crippen molar-refractivity contribution in [1.82, 2.24) is 9.29 Å². The predicted molar refractivity (Wildman–Crippen MR) is 95.7 cm³/mol. The molecule has 1 amide bonds. The number of benzene rings is 1. The summed E-state index contributed by atoms with van der Waals surface area (Å²) in [5, 5.41) is 3.10. The fraction of sp³-hybridized carbons (Fsp3) is 0.294. The van der Waals surface area contributed by atoms with Gasteiger partial charge in [-0.1, -0.05) is 11.6 Å². The number of amides is 1. The Labute approximate surface area is 160 Å². The Bertz CT molecular complexity index is 946. The second-order valence-corrected chi connectivity index (χ2v) is 8.45. The fourth-order valence-corrected chi connectivity index (χ4v) is 4.51. The summed E-state index contributed by atoms with van der Waals surface area (Å²) >= 11 is 5.74. The van der Waals surface area contributed by atoms with E-state index in [-0.39, 0.29) is 31.8 Å². The van der Waals surface area contributed by atoms with E-state index in [1.165, 1.54) is 6.20 Å². The van der Waals surface area contributed by atoms with Crippen molar-refractivity contribution in [3.05, 3.63) is 53.2 Å². The summed E-state index contributed by atoms with van der Waals surface area (Å²) in [5.74, 6) is -2.18. The van der Waals surface area contributed by atoms with Crippen molar-refractivity contribution < 1.29 is 22.0 Å². The summed E-state index contributed by atoms with van der Waals surface area (Å²) in [6.07, 6.45) is 1.92. The van der Waals surface area contributed by atoms with Gasteiger partial charge in [-0.15, -0.1) is 0 Å². The first-order chi connectivity index (χ1) is 12.8. The molecule has 6 nitrogen and oxygen atoms in total. The van der Waals surface area contributed by atoms with Crippen LogP contribution in [0.5, 0.6) is 0 Å². The number of carbonyl (C=O) groups excluding carboxylic acids is 1. The van der Waals surface area contributed by atoms with Gasteiger partial charge in [0.05, 0.1) is 5.02 Å². The number of rotatable bonds is 4. The molecule has 1 N–H and O–H groups in total. The lowest BCUT2D eigenvalue weighted by Crippen LogP contribution is -2.41. The van der Waals surface area contributed by atoms with Crippen LogP contribution in [0.3, 0.4) is 0 Å². The molecule has 144 valence electrons. The third kappa shape index (κ3) is 4.42. The minimum absolute atomic E-state index is 0.0322. The average Bonchev–Trinajstić information content (AvgIpc) is 2.65. The molecule has 0 atom stereocenters. The van der Waals surface area contributed by atoms with Gasteiger partial charge in [-0.05, 0) is 43.2 Å². The highest BCUT2D eigenvalue weighted by Crippen LogP contribution is 2.26. The van der Waals surface area contributed by atoms with Crippen LogP contribution in [-0.4, -0.2) is 36.7 Å². The topological polar surface area (TPSA) is 79.4 Å². The molecule has 1 aliphatic rings. The molecule has 1 aromatic carbocycles. The van der Waals surface area contributed by atoms with E-state index in [9.17, 15) is 22.0 Å². The van der Waals surface area contributed by atoms with Gasteiger partial charge in [-0.3, -0.25) is 4.79 Å². The predicted octanol–water partition coefficient (Wildman–Crippen LogP) is 3.05. The van der Waals surface area contributed by atoms with Crippen LogP contribution < -0.4 is 5.32 Å². The lowest BCUT2D eigenvalue weighted by atomic mass is 9.97. The minimum atomic E-state index is -4.17. The van der Waals surface area contributed by atoms with Crippen LogP contribution in [0.2, 0.25) is 5.02 Å². The van der Waals surface area contributed by atoms with Crippen molar-refractivity contribution in [1.29, 1.82) is 0 Å². The van der Waals surface area contributed by atoms with Crippen LogP contribution in [-0.2, 0) is 14.8 Å². The van der Waals surface area contributed by atoms with Gasteiger partial charge < -0.3 is 5.32 Å². The molecule has 27 heavy (non-hydrogen) atoms. The Kier molecular flexibility index (Phi) is 5.73. The fourth-order valence-electron chi connectivity index (χ4n) is 2.85. The van der Waals surface area contributed by atoms with E-state index in [1.54, 1.807) is 12.1 Å². The number of hydrogen-bond donors (Lipinski definition) is 1. The van der Waals surface area contributed by atoms with E-state index < -0.39 is 32.5 Å². The zero-order valence-electron chi connectivity index (χ0n) is 14.0. The van der Waals surface area contributed by atoms with Crippen LogP contribution in [0.15, 0.2) is 41.4 Å². The Morgan fingerprint density at radius 3 is 2.52 bits per heavy atom. The molecule has 1 saturated heterocycles. The van der Waals surface area contributed by atoms with E-state index in [1.807, 2.05) is 0 Å². The number of nitrogens with one attached hydrogen (secondary N) is 1. The third-order valence-corrected chi connectivity index (χ3v) is 6.45. The Morgan fingerprint density at radius 1 is 1.19 bits per heavy atom. The largest absolute Gasteiger partial charge is 0.310 e. The molecular weight excluding hydrogens is 400 g/mol. The summed E-state index contributed by atoms with van der Waals surface area (Å²) in [7, 11) is -4.17. The number of nitrogens with zero attached hydrogens (tertiary/aromatic N) is 2. The van der Waals surface area contributed by atoms with E-state index in [0.717, 1.165) is 16.4 Å². The molecule has 0 spiro atoms. The Morgan fingerprint density at radius 2 is 1.89 bits per heavy atom. The lowest BCUT2D eigenvalue weighted by molar-refractivity contribution is -0.120. The van der Waals surface area contributed by atoms with Crippen LogP contribution >= 0.6 is 11.6 Å². The minimum Gasteiger partial charge on any atom is -0.310 e. The molecule has 10 heteroatoms. The number of sulfonamides is 1. The number of hydrogen-bond acceptors (Lipinski definition) is 4. The molecule has 3 rings (SSSR count). The molecule has 0 unspecified atom stereocenters. The molecule has 0 bridgehead atoms. The molecular formula is C17H16ClF2N3O3S. The molecule has 0 saturated carbocycles. The SMILES string of the molecule is O=C(Nc1ccc(Cl)cn1)C1CCN(S(=O)(=O)c2cc(F)ccc2F)CC1. The maximum Gasteiger partial charge on any atom is 0.246 e. The summed E-state index contributed by atoms with van der Waals surface area (Å²) in [6, 6.07) is 5.45. The Hall–Kier alpha value is -2.10. The van der Waals surface area contributed by atoms with Gasteiger partial charge in [0.1, 0.15) is 22.3 Å². The zero-order chi connectivity index (χ0) is 19.6. The van der Waals surface area contributed by atoms with Crippen molar-refractivity contribution >= 4 is 33.3 Å². The number of pyridine rings is 1. The first-order valence-corrected chi connectivity index (χ1v) is 9.97. The van der Waals surface area contributed by atoms with Gasteiger partial charge in [0.15, 0.2) is 0 Å². The molecule has 2 aromatic rings. The molecule has 0 aliphatic carbocycles. The van der Waals surface area contributed by atoms with Crippen LogP contribution in [0.4, 0.5) is 14.6 Å². The second kappa shape index (κ2) is 7.87. The lowest BCUT2D eigenvalue weighted by Gasteiger charge is -2.30. The van der Waals surface area contributed by atoms with Gasteiger partial charge in [0.2, 0.25) is 15.9 Å². The zero-order valence-corrected chi connectivity index (χ0v) is 15.6. The van der Waals surface area contributed by atoms with Crippen molar-refractivity contribution in [3.8, 4) is 0 Å². The third-order valence-electron chi connectivity index (χ3n) is 4.31. The van der Waals surface area contributed by atoms with Gasteiger partial charge >= 0.3 is 0 Å². The van der Waals surface area contributed by atoms with Crippen LogP contribution in [0.25, 0.3) is 0 Å². The monoisotopic (exact) mass is 415 g/mol. The smallest absolute Gasteiger partial charge is 0.246 e. The number of carbonyl (C=O) groups is 1. The molecule has 0 radical (unpaired) electrons. The first-order valence-electron chi connectivity index (χ1n) is 8.15. The second-order valence-electron chi connectivity index (χ2n) is 6.10. The molecule has 1 aromatic heterocycles. The van der Waals surface area contributed by atoms with Crippen molar-refractivity contribution in [2.75, 3.05) is 18.4 Å². The van der Waals surface area contributed by atoms with E-state index >= 15 is 0 Å². The van der Waals surface area contributed by atoms with Gasteiger partial charge in [0.25, 0.3) is 0 Å². The highest BCUT2D eigenvalue weighted by Gasteiger charge is 2.33. The highest BCUT2D eigenvalue weighted by molar-refractivity contribution is 7.89. The van der Waals surface area contributed by atoms with Crippen LogP contribution in [0, 0.1) is 17.6 Å². The van der Waals surface area contributed by atoms with Crippen molar-refractivity contribution in [2.45, 2.75) is 17.7 Å². The van der Waals surface area contributed by atoms with E-state index in [2.05, 4.69) is 10.3 Å². The first kappa shape index (κ1) is 19.7. The van der Waals surface area contributed by atoms with Gasteiger partial charge in [-0.25, -0.2) is 22.2 Å². The maximum atomic E-state index is 13.8. The standard InChI is InChI=1S/C17H16ClF2N3O3S/c18-12-1-4-16(21-10-12)22-17(24)11-5-7-23(8-6-11)27(25,26)15-9-13(19)2-3-14(15)20/h1-4,9-11H,5-8H2,(H,21,22,24). The van der Waals surface area contributed by atoms with Crippen molar-refractivity contribution in [3.63, 3.8) is 0 Å². The summed E-state index contributed by atoms with van der Waals surface area (Å²) in [6.45, 7) is 0.0643. The van der Waals surface area contributed by atoms with E-state index in [4.69, 9.17) is 11.6 Å². The van der Waals surface area contributed by atoms with Crippen molar-refractivity contribution in [2.24, 2.45) is 5.92 Å². The summed E-state index contributed by atoms with van der Waals surface area (Å²) in [5.41, 5.74) is 0. The van der Waals surface area contributed by atoms with Gasteiger partial charge in [-0.2, -0.15) is 4.31 Å². The number of aromatic nitrogens is 1. The summed E-state index contributed by atoms with van der Waals surface area (Å²) < 4.78 is 53.3. The number of anilines is 1. The normalized spacial score (nSPS) is 16.3. The quantitative estimate of drug-likeness (QED) is 0.832.